The molecule has 0 bridgehead atoms. The van der Waals surface area contributed by atoms with Crippen LogP contribution < -0.4 is 14.8 Å². The number of sulfonamides is 1. The molecule has 2 aromatic carbocycles. The van der Waals surface area contributed by atoms with Crippen LogP contribution in [0.5, 0.6) is 5.75 Å². The van der Waals surface area contributed by atoms with E-state index < -0.39 is 15.6 Å². The summed E-state index contributed by atoms with van der Waals surface area (Å²) in [6.07, 6.45) is 0. The van der Waals surface area contributed by atoms with Gasteiger partial charge in [-0.1, -0.05) is 44.2 Å². The van der Waals surface area contributed by atoms with Crippen molar-refractivity contribution >= 4 is 15.9 Å². The molecule has 0 fully saturated rings. The average Bonchev–Trinajstić information content (AvgIpc) is 2.66. The summed E-state index contributed by atoms with van der Waals surface area (Å²) in [6.45, 7) is 9.94. The lowest BCUT2D eigenvalue weighted by atomic mass is 9.88. The van der Waals surface area contributed by atoms with Gasteiger partial charge in [0.1, 0.15) is 10.6 Å². The Labute approximate surface area is 180 Å². The highest BCUT2D eigenvalue weighted by molar-refractivity contribution is 7.89. The summed E-state index contributed by atoms with van der Waals surface area (Å²) in [5.41, 5.74) is 0.753. The number of amides is 1. The maximum Gasteiger partial charge on any atom is 0.251 e. The molecule has 1 unspecified atom stereocenters. The molecule has 0 aliphatic rings. The molecule has 0 saturated carbocycles. The third-order valence-electron chi connectivity index (χ3n) is 4.67. The topological polar surface area (TPSA) is 84.5 Å². The monoisotopic (exact) mass is 432 g/mol. The Morgan fingerprint density at radius 3 is 2.23 bits per heavy atom. The van der Waals surface area contributed by atoms with E-state index >= 15 is 0 Å². The van der Waals surface area contributed by atoms with Crippen molar-refractivity contribution in [2.24, 2.45) is 5.92 Å². The zero-order valence-corrected chi connectivity index (χ0v) is 19.3. The molecular formula is C23H32N2O4S. The van der Waals surface area contributed by atoms with Crippen LogP contribution in [0.1, 0.15) is 56.5 Å². The van der Waals surface area contributed by atoms with E-state index in [1.54, 1.807) is 26.8 Å². The molecule has 6 nitrogen and oxygen atoms in total. The largest absolute Gasteiger partial charge is 0.495 e. The second-order valence-corrected chi connectivity index (χ2v) is 10.3. The molecule has 7 heteroatoms. The van der Waals surface area contributed by atoms with Gasteiger partial charge in [0.25, 0.3) is 5.91 Å². The average molecular weight is 433 g/mol. The predicted octanol–water partition coefficient (Wildman–Crippen LogP) is 3.94. The van der Waals surface area contributed by atoms with E-state index in [1.807, 2.05) is 30.3 Å². The second kappa shape index (κ2) is 9.62. The van der Waals surface area contributed by atoms with Crippen molar-refractivity contribution in [3.63, 3.8) is 0 Å². The Bertz CT molecular complexity index is 964. The van der Waals surface area contributed by atoms with Gasteiger partial charge in [-0.05, 0) is 50.5 Å². The molecule has 2 aromatic rings. The first-order valence-electron chi connectivity index (χ1n) is 10.00. The molecular weight excluding hydrogens is 400 g/mol. The fourth-order valence-corrected chi connectivity index (χ4v) is 4.84. The van der Waals surface area contributed by atoms with Crippen molar-refractivity contribution in [1.82, 2.24) is 10.0 Å². The molecule has 164 valence electrons. The molecule has 0 saturated heterocycles. The molecule has 0 radical (unpaired) electrons. The van der Waals surface area contributed by atoms with Crippen molar-refractivity contribution in [2.75, 3.05) is 13.7 Å². The van der Waals surface area contributed by atoms with Gasteiger partial charge < -0.3 is 10.1 Å². The first-order valence-corrected chi connectivity index (χ1v) is 11.5. The maximum atomic E-state index is 12.8. The second-order valence-electron chi connectivity index (χ2n) is 8.69. The van der Waals surface area contributed by atoms with Gasteiger partial charge >= 0.3 is 0 Å². The quantitative estimate of drug-likeness (QED) is 0.662. The molecule has 2 N–H and O–H groups in total. The van der Waals surface area contributed by atoms with E-state index in [0.717, 1.165) is 5.56 Å². The summed E-state index contributed by atoms with van der Waals surface area (Å²) in [7, 11) is -2.46. The van der Waals surface area contributed by atoms with E-state index in [-0.39, 0.29) is 28.0 Å². The SMILES string of the molecule is COc1ccc(C(=O)NCC(c2ccccc2)C(C)C)cc1S(=O)(=O)NC(C)(C)C. The van der Waals surface area contributed by atoms with Crippen LogP contribution in [0, 0.1) is 5.92 Å². The summed E-state index contributed by atoms with van der Waals surface area (Å²) >= 11 is 0. The summed E-state index contributed by atoms with van der Waals surface area (Å²) in [4.78, 5) is 12.7. The van der Waals surface area contributed by atoms with Gasteiger partial charge in [-0.25, -0.2) is 13.1 Å². The zero-order chi connectivity index (χ0) is 22.5. The number of carbonyl (C=O) groups is 1. The molecule has 0 aliphatic carbocycles. The Hall–Kier alpha value is -2.38. The third kappa shape index (κ3) is 6.31. The fraction of sp³-hybridized carbons (Fsp3) is 0.435. The normalized spacial score (nSPS) is 13.2. The summed E-state index contributed by atoms with van der Waals surface area (Å²) in [5.74, 6) is 0.341. The fourth-order valence-electron chi connectivity index (χ4n) is 3.23. The Morgan fingerprint density at radius 2 is 1.70 bits per heavy atom. The van der Waals surface area contributed by atoms with Crippen LogP contribution in [-0.2, 0) is 10.0 Å². The number of rotatable bonds is 8. The Kier molecular flexibility index (Phi) is 7.66. The van der Waals surface area contributed by atoms with Gasteiger partial charge in [0.05, 0.1) is 7.11 Å². The standard InChI is InChI=1S/C23H32N2O4S/c1-16(2)19(17-10-8-7-9-11-17)15-24-22(26)18-12-13-20(29-6)21(14-18)30(27,28)25-23(3,4)5/h7-14,16,19,25H,15H2,1-6H3,(H,24,26). The third-order valence-corrected chi connectivity index (χ3v) is 6.45. The van der Waals surface area contributed by atoms with Crippen LogP contribution in [0.2, 0.25) is 0 Å². The zero-order valence-electron chi connectivity index (χ0n) is 18.5. The Balaban J connectivity index is 2.26. The van der Waals surface area contributed by atoms with Crippen molar-refractivity contribution in [3.8, 4) is 5.75 Å². The van der Waals surface area contributed by atoms with Gasteiger partial charge in [-0.3, -0.25) is 4.79 Å². The van der Waals surface area contributed by atoms with Gasteiger partial charge in [0, 0.05) is 23.6 Å². The first-order chi connectivity index (χ1) is 13.9. The maximum absolute atomic E-state index is 12.8. The number of hydrogen-bond acceptors (Lipinski definition) is 4. The van der Waals surface area contributed by atoms with Crippen LogP contribution in [0.4, 0.5) is 0 Å². The van der Waals surface area contributed by atoms with Crippen molar-refractivity contribution in [1.29, 1.82) is 0 Å². The lowest BCUT2D eigenvalue weighted by Crippen LogP contribution is -2.40. The van der Waals surface area contributed by atoms with Crippen molar-refractivity contribution in [3.05, 3.63) is 59.7 Å². The van der Waals surface area contributed by atoms with E-state index in [9.17, 15) is 13.2 Å². The molecule has 30 heavy (non-hydrogen) atoms. The minimum atomic E-state index is -3.86. The highest BCUT2D eigenvalue weighted by Gasteiger charge is 2.26. The molecule has 2 rings (SSSR count). The number of ether oxygens (including phenoxy) is 1. The van der Waals surface area contributed by atoms with Gasteiger partial charge in [-0.15, -0.1) is 0 Å². The van der Waals surface area contributed by atoms with Crippen LogP contribution in [0.15, 0.2) is 53.4 Å². The van der Waals surface area contributed by atoms with Crippen molar-refractivity contribution < 1.29 is 17.9 Å². The molecule has 0 aliphatic heterocycles. The smallest absolute Gasteiger partial charge is 0.251 e. The summed E-state index contributed by atoms with van der Waals surface area (Å²) in [6, 6.07) is 14.4. The van der Waals surface area contributed by atoms with Gasteiger partial charge in [-0.2, -0.15) is 0 Å². The number of methoxy groups -OCH3 is 1. The summed E-state index contributed by atoms with van der Waals surface area (Å²) in [5, 5.41) is 2.95. The summed E-state index contributed by atoms with van der Waals surface area (Å²) < 4.78 is 33.5. The molecule has 0 aromatic heterocycles. The molecule has 1 amide bonds. The number of nitrogens with one attached hydrogen (secondary N) is 2. The highest BCUT2D eigenvalue weighted by Crippen LogP contribution is 2.27. The van der Waals surface area contributed by atoms with Gasteiger partial charge in [0.15, 0.2) is 0 Å². The lowest BCUT2D eigenvalue weighted by molar-refractivity contribution is 0.0949. The van der Waals surface area contributed by atoms with E-state index in [1.165, 1.54) is 19.2 Å². The van der Waals surface area contributed by atoms with E-state index in [0.29, 0.717) is 12.5 Å². The Morgan fingerprint density at radius 1 is 1.07 bits per heavy atom. The highest BCUT2D eigenvalue weighted by atomic mass is 32.2. The first kappa shape index (κ1) is 23.9. The van der Waals surface area contributed by atoms with Gasteiger partial charge in [0.2, 0.25) is 10.0 Å². The van der Waals surface area contributed by atoms with Crippen LogP contribution >= 0.6 is 0 Å². The molecule has 0 spiro atoms. The van der Waals surface area contributed by atoms with E-state index in [2.05, 4.69) is 23.9 Å². The minimum absolute atomic E-state index is 0.0592. The predicted molar refractivity (Wildman–Crippen MR) is 119 cm³/mol. The number of carbonyl (C=O) groups excluding carboxylic acids is 1. The number of benzene rings is 2. The minimum Gasteiger partial charge on any atom is -0.495 e. The molecule has 1 atom stereocenters. The number of hydrogen-bond donors (Lipinski definition) is 2. The van der Waals surface area contributed by atoms with Crippen LogP contribution in [-0.4, -0.2) is 33.5 Å². The lowest BCUT2D eigenvalue weighted by Gasteiger charge is -2.23. The molecule has 0 heterocycles. The van der Waals surface area contributed by atoms with Crippen molar-refractivity contribution in [2.45, 2.75) is 51.0 Å². The van der Waals surface area contributed by atoms with Crippen LogP contribution in [0.25, 0.3) is 0 Å². The van der Waals surface area contributed by atoms with Crippen LogP contribution in [0.3, 0.4) is 0 Å². The van der Waals surface area contributed by atoms with E-state index in [4.69, 9.17) is 4.74 Å².